The van der Waals surface area contributed by atoms with Crippen LogP contribution >= 0.6 is 0 Å². The zero-order valence-corrected chi connectivity index (χ0v) is 25.2. The summed E-state index contributed by atoms with van der Waals surface area (Å²) in [5, 5.41) is 15.5. The Bertz CT molecular complexity index is 1080. The first-order valence-corrected chi connectivity index (χ1v) is 15.1. The maximum absolute atomic E-state index is 14.3. The predicted octanol–water partition coefficient (Wildman–Crippen LogP) is 4.66. The van der Waals surface area contributed by atoms with E-state index in [4.69, 9.17) is 9.84 Å². The zero-order chi connectivity index (χ0) is 29.3. The summed E-state index contributed by atoms with van der Waals surface area (Å²) < 4.78 is 6.87. The second-order valence-electron chi connectivity index (χ2n) is 14.0. The molecule has 1 aromatic rings. The van der Waals surface area contributed by atoms with Crippen LogP contribution in [0.5, 0.6) is 0 Å². The van der Waals surface area contributed by atoms with Crippen LogP contribution < -0.4 is 10.6 Å². The summed E-state index contributed by atoms with van der Waals surface area (Å²) in [5.74, 6) is -1.94. The van der Waals surface area contributed by atoms with E-state index in [2.05, 4.69) is 31.4 Å². The van der Waals surface area contributed by atoms with Gasteiger partial charge >= 0.3 is 0 Å². The van der Waals surface area contributed by atoms with Gasteiger partial charge in [-0.25, -0.2) is 0 Å². The Morgan fingerprint density at radius 2 is 1.70 bits per heavy atom. The van der Waals surface area contributed by atoms with E-state index in [0.29, 0.717) is 31.5 Å². The van der Waals surface area contributed by atoms with E-state index >= 15 is 0 Å². The summed E-state index contributed by atoms with van der Waals surface area (Å²) in [7, 11) is 0. The van der Waals surface area contributed by atoms with Crippen molar-refractivity contribution < 1.29 is 24.2 Å². The normalized spacial score (nSPS) is 29.5. The van der Waals surface area contributed by atoms with Crippen molar-refractivity contribution in [1.82, 2.24) is 10.2 Å². The number of ether oxygens (including phenoxy) is 1. The Hall–Kier alpha value is -2.45. The third-order valence-electron chi connectivity index (χ3n) is 8.99. The van der Waals surface area contributed by atoms with Crippen LogP contribution in [0.3, 0.4) is 0 Å². The van der Waals surface area contributed by atoms with E-state index in [1.165, 1.54) is 0 Å². The molecule has 3 aliphatic heterocycles. The van der Waals surface area contributed by atoms with Gasteiger partial charge in [0.1, 0.15) is 11.6 Å². The minimum absolute atomic E-state index is 0.00466. The highest BCUT2D eigenvalue weighted by atomic mass is 16.5. The van der Waals surface area contributed by atoms with Crippen molar-refractivity contribution >= 4 is 23.4 Å². The van der Waals surface area contributed by atoms with Crippen molar-refractivity contribution in [3.8, 4) is 0 Å². The van der Waals surface area contributed by atoms with Crippen LogP contribution in [0.25, 0.3) is 0 Å². The Balaban J connectivity index is 1.67. The van der Waals surface area contributed by atoms with E-state index in [1.807, 2.05) is 51.1 Å². The number of benzene rings is 1. The molecule has 2 unspecified atom stereocenters. The summed E-state index contributed by atoms with van der Waals surface area (Å²) in [6.45, 7) is 13.1. The Kier molecular flexibility index (Phi) is 8.72. The average Bonchev–Trinajstić information content (AvgIpc) is 3.46. The molecule has 4 rings (SSSR count). The topological polar surface area (TPSA) is 108 Å². The molecule has 2 bridgehead atoms. The predicted molar refractivity (Wildman–Crippen MR) is 155 cm³/mol. The van der Waals surface area contributed by atoms with Gasteiger partial charge in [0.05, 0.1) is 17.4 Å². The molecular weight excluding hydrogens is 506 g/mol. The maximum atomic E-state index is 14.3. The number of nitrogens with one attached hydrogen (secondary N) is 2. The standard InChI is InChI=1S/C32H49N3O5/c1-7-31-17-18-32(40-31)24(23(31)26(37)33-22-15-11-10-12-16-22)28(39)35(19-13-8-9-14-20-36)25(32)27(38)34-30(5,6)21-29(2,3)4/h10-12,15-16,23-25,36H,7-9,13-14,17-21H2,1-6H3,(H,33,37)(H,34,38)/t23-,24-,25?,31+,32?/m0/s1. The minimum Gasteiger partial charge on any atom is -0.396 e. The fraction of sp³-hybridized carbons (Fsp3) is 0.719. The van der Waals surface area contributed by atoms with Gasteiger partial charge in [0, 0.05) is 24.4 Å². The number of aliphatic hydroxyl groups excluding tert-OH is 1. The first kappa shape index (κ1) is 30.5. The molecule has 3 amide bonds. The lowest BCUT2D eigenvalue weighted by molar-refractivity contribution is -0.147. The van der Waals surface area contributed by atoms with E-state index < -0.39 is 34.6 Å². The van der Waals surface area contributed by atoms with Crippen molar-refractivity contribution in [2.45, 2.75) is 116 Å². The van der Waals surface area contributed by atoms with Crippen LogP contribution in [-0.2, 0) is 19.1 Å². The monoisotopic (exact) mass is 555 g/mol. The van der Waals surface area contributed by atoms with E-state index in [0.717, 1.165) is 32.1 Å². The van der Waals surface area contributed by atoms with E-state index in [9.17, 15) is 14.4 Å². The van der Waals surface area contributed by atoms with Crippen LogP contribution in [0, 0.1) is 17.3 Å². The highest BCUT2D eigenvalue weighted by Crippen LogP contribution is 2.64. The number of aliphatic hydroxyl groups is 1. The molecule has 1 aromatic carbocycles. The van der Waals surface area contributed by atoms with Crippen molar-refractivity contribution in [3.05, 3.63) is 30.3 Å². The second kappa shape index (κ2) is 11.4. The molecule has 1 spiro atoms. The number of hydrogen-bond donors (Lipinski definition) is 3. The van der Waals surface area contributed by atoms with Crippen molar-refractivity contribution in [2.75, 3.05) is 18.5 Å². The molecule has 3 saturated heterocycles. The van der Waals surface area contributed by atoms with Gasteiger partial charge in [-0.2, -0.15) is 0 Å². The number of likely N-dealkylation sites (tertiary alicyclic amines) is 1. The van der Waals surface area contributed by atoms with Gasteiger partial charge in [0.25, 0.3) is 0 Å². The number of unbranched alkanes of at least 4 members (excludes halogenated alkanes) is 3. The van der Waals surface area contributed by atoms with Crippen LogP contribution in [0.1, 0.15) is 92.9 Å². The molecule has 222 valence electrons. The molecule has 0 aliphatic carbocycles. The summed E-state index contributed by atoms with van der Waals surface area (Å²) in [6.07, 6.45) is 5.73. The molecule has 0 radical (unpaired) electrons. The van der Waals surface area contributed by atoms with Gasteiger partial charge in [-0.3, -0.25) is 14.4 Å². The highest BCUT2D eigenvalue weighted by molar-refractivity contribution is 6.02. The molecule has 3 aliphatic rings. The molecule has 0 aromatic heterocycles. The SMILES string of the molecule is CC[C@]12CCC3(O1)C(C(=O)NC(C)(C)CC(C)(C)C)N(CCCCCCO)C(=O)[C@@H]3[C@H]2C(=O)Nc1ccccc1. The molecular formula is C32H49N3O5. The van der Waals surface area contributed by atoms with Crippen LogP contribution in [0.2, 0.25) is 0 Å². The average molecular weight is 556 g/mol. The van der Waals surface area contributed by atoms with Gasteiger partial charge in [0.2, 0.25) is 17.7 Å². The molecule has 0 saturated carbocycles. The van der Waals surface area contributed by atoms with Crippen molar-refractivity contribution in [2.24, 2.45) is 17.3 Å². The number of rotatable bonds is 12. The zero-order valence-electron chi connectivity index (χ0n) is 25.2. The summed E-state index contributed by atoms with van der Waals surface area (Å²) in [5.41, 5.74) is -1.60. The number of hydrogen-bond acceptors (Lipinski definition) is 5. The van der Waals surface area contributed by atoms with E-state index in [-0.39, 0.29) is 29.7 Å². The largest absolute Gasteiger partial charge is 0.396 e. The Morgan fingerprint density at radius 3 is 2.33 bits per heavy atom. The molecule has 3 fully saturated rings. The first-order valence-electron chi connectivity index (χ1n) is 15.1. The van der Waals surface area contributed by atoms with Gasteiger partial charge in [-0.05, 0) is 69.9 Å². The van der Waals surface area contributed by atoms with Crippen LogP contribution in [0.15, 0.2) is 30.3 Å². The summed E-state index contributed by atoms with van der Waals surface area (Å²) >= 11 is 0. The van der Waals surface area contributed by atoms with Gasteiger partial charge < -0.3 is 25.4 Å². The number of nitrogens with zero attached hydrogens (tertiary/aromatic N) is 1. The Labute approximate surface area is 239 Å². The third-order valence-corrected chi connectivity index (χ3v) is 8.99. The fourth-order valence-corrected chi connectivity index (χ4v) is 7.92. The molecule has 3 N–H and O–H groups in total. The minimum atomic E-state index is -1.03. The van der Waals surface area contributed by atoms with Crippen LogP contribution in [-0.4, -0.2) is 63.7 Å². The fourth-order valence-electron chi connectivity index (χ4n) is 7.92. The lowest BCUT2D eigenvalue weighted by Gasteiger charge is -2.38. The number of amides is 3. The lowest BCUT2D eigenvalue weighted by Crippen LogP contribution is -2.59. The number of carbonyl (C=O) groups is 3. The van der Waals surface area contributed by atoms with Crippen molar-refractivity contribution in [3.63, 3.8) is 0 Å². The molecule has 8 nitrogen and oxygen atoms in total. The molecule has 40 heavy (non-hydrogen) atoms. The number of fused-ring (bicyclic) bond motifs is 1. The highest BCUT2D eigenvalue weighted by Gasteiger charge is 2.78. The van der Waals surface area contributed by atoms with Gasteiger partial charge in [0.15, 0.2) is 0 Å². The van der Waals surface area contributed by atoms with Crippen molar-refractivity contribution in [1.29, 1.82) is 0 Å². The second-order valence-corrected chi connectivity index (χ2v) is 14.0. The Morgan fingerprint density at radius 1 is 1.02 bits per heavy atom. The smallest absolute Gasteiger partial charge is 0.246 e. The quantitative estimate of drug-likeness (QED) is 0.325. The van der Waals surface area contributed by atoms with Crippen LogP contribution in [0.4, 0.5) is 5.69 Å². The number of para-hydroxylation sites is 1. The maximum Gasteiger partial charge on any atom is 0.246 e. The summed E-state index contributed by atoms with van der Waals surface area (Å²) in [6, 6.07) is 8.50. The van der Waals surface area contributed by atoms with Gasteiger partial charge in [-0.15, -0.1) is 0 Å². The van der Waals surface area contributed by atoms with E-state index in [1.54, 1.807) is 4.90 Å². The lowest BCUT2D eigenvalue weighted by atomic mass is 9.65. The number of carbonyl (C=O) groups excluding carboxylic acids is 3. The third kappa shape index (κ3) is 5.80. The molecule has 5 atom stereocenters. The molecule has 8 heteroatoms. The molecule has 3 heterocycles. The van der Waals surface area contributed by atoms with Gasteiger partial charge in [-0.1, -0.05) is 58.7 Å². The summed E-state index contributed by atoms with van der Waals surface area (Å²) in [4.78, 5) is 44.1. The number of anilines is 1. The first-order chi connectivity index (χ1) is 18.8.